The van der Waals surface area contributed by atoms with Crippen LogP contribution in [0.2, 0.25) is 0 Å². The molecule has 2 N–H and O–H groups in total. The van der Waals surface area contributed by atoms with Gasteiger partial charge in [0.25, 0.3) is 0 Å². The summed E-state index contributed by atoms with van der Waals surface area (Å²) in [6.07, 6.45) is -0.351. The fourth-order valence-corrected chi connectivity index (χ4v) is 1.73. The Morgan fingerprint density at radius 1 is 1.30 bits per heavy atom. The first-order valence-corrected chi connectivity index (χ1v) is 7.23. The minimum atomic E-state index is -4.09. The predicted molar refractivity (Wildman–Crippen MR) is 96.2 cm³/mol. The van der Waals surface area contributed by atoms with Crippen molar-refractivity contribution in [1.29, 1.82) is 0 Å². The lowest BCUT2D eigenvalue weighted by atomic mass is 10.2. The summed E-state index contributed by atoms with van der Waals surface area (Å²) in [5.74, 6) is 1.43. The van der Waals surface area contributed by atoms with Gasteiger partial charge in [0.05, 0.1) is 6.26 Å². The molecule has 0 bridgehead atoms. The van der Waals surface area contributed by atoms with Crippen molar-refractivity contribution in [3.63, 3.8) is 0 Å². The lowest BCUT2D eigenvalue weighted by molar-refractivity contribution is -0.135. The average Bonchev–Trinajstić information content (AvgIpc) is 2.95. The average molecular weight is 445 g/mol. The number of nitrogens with one attached hydrogen (secondary N) is 2. The maximum Gasteiger partial charge on any atom is 0.389 e. The van der Waals surface area contributed by atoms with Crippen molar-refractivity contribution in [3.8, 4) is 0 Å². The van der Waals surface area contributed by atoms with E-state index in [0.717, 1.165) is 5.76 Å². The van der Waals surface area contributed by atoms with Crippen LogP contribution in [0, 0.1) is 0 Å². The van der Waals surface area contributed by atoms with E-state index in [1.54, 1.807) is 12.3 Å². The molecule has 8 heteroatoms. The number of hydrogen-bond donors (Lipinski definition) is 2. The molecular formula is C15H23F3IN3O. The first-order valence-electron chi connectivity index (χ1n) is 7.23. The summed E-state index contributed by atoms with van der Waals surface area (Å²) in [5.41, 5.74) is 0. The van der Waals surface area contributed by atoms with E-state index in [-0.39, 0.29) is 30.4 Å². The van der Waals surface area contributed by atoms with Crippen LogP contribution in [0.25, 0.3) is 0 Å². The van der Waals surface area contributed by atoms with E-state index in [4.69, 9.17) is 4.42 Å². The smallest absolute Gasteiger partial charge is 0.389 e. The largest absolute Gasteiger partial charge is 0.469 e. The Morgan fingerprint density at radius 2 is 2.09 bits per heavy atom. The Balaban J connectivity index is 0.00000484. The summed E-state index contributed by atoms with van der Waals surface area (Å²) in [6, 6.07) is 3.70. The summed E-state index contributed by atoms with van der Waals surface area (Å²) in [4.78, 5) is 4.25. The van der Waals surface area contributed by atoms with E-state index >= 15 is 0 Å². The number of unbranched alkanes of at least 4 members (excludes halogenated alkanes) is 1. The van der Waals surface area contributed by atoms with Crippen LogP contribution < -0.4 is 10.6 Å². The molecule has 1 aromatic heterocycles. The quantitative estimate of drug-likeness (QED) is 0.199. The molecule has 0 aliphatic rings. The van der Waals surface area contributed by atoms with Crippen LogP contribution in [0.5, 0.6) is 0 Å². The maximum atomic E-state index is 12.0. The first-order chi connectivity index (χ1) is 10.5. The maximum absolute atomic E-state index is 12.0. The number of furan rings is 1. The zero-order valence-electron chi connectivity index (χ0n) is 12.9. The van der Waals surface area contributed by atoms with Crippen molar-refractivity contribution >= 4 is 29.9 Å². The van der Waals surface area contributed by atoms with Crippen molar-refractivity contribution in [1.82, 2.24) is 10.6 Å². The summed E-state index contributed by atoms with van der Waals surface area (Å²) in [5, 5.41) is 6.13. The molecule has 0 amide bonds. The van der Waals surface area contributed by atoms with Gasteiger partial charge in [-0.1, -0.05) is 6.08 Å². The third kappa shape index (κ3) is 12.0. The Labute approximate surface area is 151 Å². The summed E-state index contributed by atoms with van der Waals surface area (Å²) in [7, 11) is 0. The second kappa shape index (κ2) is 12.3. The van der Waals surface area contributed by atoms with Crippen LogP contribution in [0.3, 0.4) is 0 Å². The molecule has 0 aliphatic heterocycles. The van der Waals surface area contributed by atoms with Gasteiger partial charge in [-0.25, -0.2) is 0 Å². The SMILES string of the molecule is C=CCNC(=NCCCCC(F)(F)F)NCCc1ccco1.I. The van der Waals surface area contributed by atoms with Gasteiger partial charge in [0.15, 0.2) is 5.96 Å². The molecule has 0 unspecified atom stereocenters. The molecule has 0 spiro atoms. The topological polar surface area (TPSA) is 49.6 Å². The molecule has 23 heavy (non-hydrogen) atoms. The lowest BCUT2D eigenvalue weighted by Gasteiger charge is -2.11. The molecule has 0 fully saturated rings. The second-order valence-corrected chi connectivity index (χ2v) is 4.73. The molecule has 0 radical (unpaired) electrons. The molecule has 1 heterocycles. The van der Waals surface area contributed by atoms with Crippen molar-refractivity contribution in [2.75, 3.05) is 19.6 Å². The van der Waals surface area contributed by atoms with Crippen LogP contribution in [0.15, 0.2) is 40.5 Å². The fourth-order valence-electron chi connectivity index (χ4n) is 1.73. The molecule has 0 aliphatic carbocycles. The number of nitrogens with zero attached hydrogens (tertiary/aromatic N) is 1. The predicted octanol–water partition coefficient (Wildman–Crippen LogP) is 3.89. The zero-order chi connectivity index (χ0) is 16.3. The summed E-state index contributed by atoms with van der Waals surface area (Å²) < 4.78 is 41.3. The number of rotatable bonds is 9. The van der Waals surface area contributed by atoms with Gasteiger partial charge in [0.1, 0.15) is 5.76 Å². The van der Waals surface area contributed by atoms with Gasteiger partial charge in [0.2, 0.25) is 0 Å². The van der Waals surface area contributed by atoms with Crippen LogP contribution in [-0.2, 0) is 6.42 Å². The van der Waals surface area contributed by atoms with Gasteiger partial charge < -0.3 is 15.1 Å². The van der Waals surface area contributed by atoms with E-state index < -0.39 is 12.6 Å². The number of halogens is 4. The van der Waals surface area contributed by atoms with Gasteiger partial charge in [-0.3, -0.25) is 4.99 Å². The van der Waals surface area contributed by atoms with Crippen molar-refractivity contribution in [2.24, 2.45) is 4.99 Å². The molecule has 0 aromatic carbocycles. The number of hydrogen-bond acceptors (Lipinski definition) is 2. The minimum Gasteiger partial charge on any atom is -0.469 e. The monoisotopic (exact) mass is 445 g/mol. The highest BCUT2D eigenvalue weighted by Gasteiger charge is 2.25. The standard InChI is InChI=1S/C15H22F3N3O.HI/c1-2-9-19-14(20-10-4-3-8-15(16,17)18)21-11-7-13-6-5-12-22-13;/h2,5-6,12H,1,3-4,7-11H2,(H2,19,20,21);1H. The van der Waals surface area contributed by atoms with E-state index in [2.05, 4.69) is 22.2 Å². The molecule has 0 saturated heterocycles. The Hall–Kier alpha value is -1.19. The molecule has 132 valence electrons. The highest BCUT2D eigenvalue weighted by Crippen LogP contribution is 2.21. The third-order valence-electron chi connectivity index (χ3n) is 2.80. The zero-order valence-corrected chi connectivity index (χ0v) is 15.2. The van der Waals surface area contributed by atoms with Crippen molar-refractivity contribution in [3.05, 3.63) is 36.8 Å². The van der Waals surface area contributed by atoms with Gasteiger partial charge in [-0.2, -0.15) is 13.2 Å². The minimum absolute atomic E-state index is 0. The van der Waals surface area contributed by atoms with Gasteiger partial charge in [-0.15, -0.1) is 30.6 Å². The highest BCUT2D eigenvalue weighted by atomic mass is 127. The number of aliphatic imine (C=N–C) groups is 1. The molecule has 1 aromatic rings. The number of guanidine groups is 1. The Bertz CT molecular complexity index is 447. The van der Waals surface area contributed by atoms with E-state index in [0.29, 0.717) is 38.4 Å². The van der Waals surface area contributed by atoms with Crippen LogP contribution in [-0.4, -0.2) is 31.8 Å². The van der Waals surface area contributed by atoms with Gasteiger partial charge >= 0.3 is 6.18 Å². The Morgan fingerprint density at radius 3 is 2.70 bits per heavy atom. The van der Waals surface area contributed by atoms with Crippen LogP contribution in [0.4, 0.5) is 13.2 Å². The van der Waals surface area contributed by atoms with E-state index in [1.807, 2.05) is 12.1 Å². The molecule has 1 rings (SSSR count). The van der Waals surface area contributed by atoms with Gasteiger partial charge in [0, 0.05) is 32.5 Å². The van der Waals surface area contributed by atoms with Crippen LogP contribution >= 0.6 is 24.0 Å². The fraction of sp³-hybridized carbons (Fsp3) is 0.533. The third-order valence-corrected chi connectivity index (χ3v) is 2.80. The Kier molecular flexibility index (Phi) is 11.6. The summed E-state index contributed by atoms with van der Waals surface area (Å²) >= 11 is 0. The summed E-state index contributed by atoms with van der Waals surface area (Å²) in [6.45, 7) is 5.12. The first kappa shape index (κ1) is 21.8. The molecule has 4 nitrogen and oxygen atoms in total. The molecule has 0 saturated carbocycles. The molecule has 0 atom stereocenters. The second-order valence-electron chi connectivity index (χ2n) is 4.73. The highest BCUT2D eigenvalue weighted by molar-refractivity contribution is 14.0. The van der Waals surface area contributed by atoms with E-state index in [9.17, 15) is 13.2 Å². The lowest BCUT2D eigenvalue weighted by Crippen LogP contribution is -2.38. The number of alkyl halides is 3. The normalized spacial score (nSPS) is 11.7. The molecular weight excluding hydrogens is 422 g/mol. The van der Waals surface area contributed by atoms with Crippen molar-refractivity contribution in [2.45, 2.75) is 31.9 Å². The van der Waals surface area contributed by atoms with Crippen LogP contribution in [0.1, 0.15) is 25.0 Å². The van der Waals surface area contributed by atoms with E-state index in [1.165, 1.54) is 0 Å². The van der Waals surface area contributed by atoms with Gasteiger partial charge in [-0.05, 0) is 25.0 Å². The van der Waals surface area contributed by atoms with Crippen molar-refractivity contribution < 1.29 is 17.6 Å².